The third-order valence-electron chi connectivity index (χ3n) is 4.08. The van der Waals surface area contributed by atoms with E-state index in [-0.39, 0.29) is 5.82 Å². The van der Waals surface area contributed by atoms with Crippen molar-refractivity contribution in [3.05, 3.63) is 78.7 Å². The van der Waals surface area contributed by atoms with Gasteiger partial charge in [0, 0.05) is 17.3 Å². The van der Waals surface area contributed by atoms with Gasteiger partial charge < -0.3 is 4.74 Å². The van der Waals surface area contributed by atoms with Gasteiger partial charge in [-0.2, -0.15) is 0 Å². The molecule has 0 N–H and O–H groups in total. The summed E-state index contributed by atoms with van der Waals surface area (Å²) in [7, 11) is 1.59. The van der Waals surface area contributed by atoms with Crippen LogP contribution in [0.3, 0.4) is 0 Å². The zero-order valence-electron chi connectivity index (χ0n) is 13.6. The van der Waals surface area contributed by atoms with Gasteiger partial charge in [0.05, 0.1) is 23.7 Å². The van der Waals surface area contributed by atoms with Crippen molar-refractivity contribution < 1.29 is 9.13 Å². The number of hydrogen-bond acceptors (Lipinski definition) is 3. The van der Waals surface area contributed by atoms with Crippen molar-refractivity contribution in [2.45, 2.75) is 0 Å². The maximum Gasteiger partial charge on any atom is 0.223 e. The normalized spacial score (nSPS) is 10.8. The molecule has 122 valence electrons. The number of fused-ring (bicyclic) bond motifs is 1. The molecular formula is C21H15FN2O. The zero-order valence-corrected chi connectivity index (χ0v) is 13.6. The van der Waals surface area contributed by atoms with E-state index in [9.17, 15) is 4.39 Å². The topological polar surface area (TPSA) is 35.0 Å². The molecule has 0 spiro atoms. The van der Waals surface area contributed by atoms with Crippen molar-refractivity contribution in [2.24, 2.45) is 0 Å². The number of hydrogen-bond donors (Lipinski definition) is 0. The smallest absolute Gasteiger partial charge is 0.223 e. The van der Waals surface area contributed by atoms with E-state index in [0.717, 1.165) is 27.6 Å². The summed E-state index contributed by atoms with van der Waals surface area (Å²) < 4.78 is 18.6. The number of benzene rings is 2. The number of methoxy groups -OCH3 is 1. The van der Waals surface area contributed by atoms with Crippen LogP contribution in [-0.4, -0.2) is 17.1 Å². The first-order chi connectivity index (χ1) is 12.2. The number of pyridine rings is 2. The minimum Gasteiger partial charge on any atom is -0.480 e. The van der Waals surface area contributed by atoms with Crippen LogP contribution in [-0.2, 0) is 0 Å². The van der Waals surface area contributed by atoms with E-state index in [1.54, 1.807) is 19.2 Å². The Balaban J connectivity index is 1.87. The Bertz CT molecular complexity index is 1030. The summed E-state index contributed by atoms with van der Waals surface area (Å²) in [6.07, 6.45) is 1.84. The Morgan fingerprint density at radius 3 is 2.32 bits per heavy atom. The molecule has 2 aromatic heterocycles. The molecule has 2 aromatic carbocycles. The highest BCUT2D eigenvalue weighted by molar-refractivity contribution is 5.90. The lowest BCUT2D eigenvalue weighted by atomic mass is 10.0. The van der Waals surface area contributed by atoms with Crippen molar-refractivity contribution in [2.75, 3.05) is 7.11 Å². The second-order valence-electron chi connectivity index (χ2n) is 5.68. The molecule has 0 aliphatic rings. The zero-order chi connectivity index (χ0) is 17.2. The van der Waals surface area contributed by atoms with Gasteiger partial charge in [0.2, 0.25) is 5.88 Å². The number of halogens is 1. The first-order valence-electron chi connectivity index (χ1n) is 7.91. The number of nitrogens with zero attached hydrogens (tertiary/aromatic N) is 2. The Labute approximate surface area is 144 Å². The fourth-order valence-corrected chi connectivity index (χ4v) is 2.81. The minimum absolute atomic E-state index is 0.276. The molecule has 0 bridgehead atoms. The summed E-state index contributed by atoms with van der Waals surface area (Å²) in [6, 6.07) is 20.2. The summed E-state index contributed by atoms with van der Waals surface area (Å²) in [4.78, 5) is 9.15. The molecular weight excluding hydrogens is 315 g/mol. The third-order valence-corrected chi connectivity index (χ3v) is 4.08. The van der Waals surface area contributed by atoms with Gasteiger partial charge in [-0.15, -0.1) is 0 Å². The van der Waals surface area contributed by atoms with Gasteiger partial charge in [0.15, 0.2) is 0 Å². The molecule has 4 rings (SSSR count). The lowest BCUT2D eigenvalue weighted by molar-refractivity contribution is 0.404. The van der Waals surface area contributed by atoms with Crippen LogP contribution in [0, 0.1) is 5.82 Å². The van der Waals surface area contributed by atoms with Crippen molar-refractivity contribution in [1.82, 2.24) is 9.97 Å². The van der Waals surface area contributed by atoms with Crippen LogP contribution in [0.15, 0.2) is 72.9 Å². The van der Waals surface area contributed by atoms with Crippen LogP contribution in [0.4, 0.5) is 4.39 Å². The van der Waals surface area contributed by atoms with Crippen molar-refractivity contribution in [1.29, 1.82) is 0 Å². The molecule has 0 amide bonds. The third kappa shape index (κ3) is 2.94. The van der Waals surface area contributed by atoms with E-state index in [4.69, 9.17) is 4.74 Å². The molecule has 3 nitrogen and oxygen atoms in total. The fourth-order valence-electron chi connectivity index (χ4n) is 2.81. The molecule has 2 heterocycles. The van der Waals surface area contributed by atoms with Gasteiger partial charge >= 0.3 is 0 Å². The maximum absolute atomic E-state index is 13.1. The predicted octanol–water partition coefficient (Wildman–Crippen LogP) is 5.11. The second-order valence-corrected chi connectivity index (χ2v) is 5.68. The largest absolute Gasteiger partial charge is 0.480 e. The highest BCUT2D eigenvalue weighted by Crippen LogP contribution is 2.31. The number of ether oxygens (including phenoxy) is 1. The minimum atomic E-state index is -0.276. The van der Waals surface area contributed by atoms with E-state index >= 15 is 0 Å². The molecule has 0 saturated carbocycles. The fraction of sp³-hybridized carbons (Fsp3) is 0.0476. The van der Waals surface area contributed by atoms with Crippen molar-refractivity contribution in [3.63, 3.8) is 0 Å². The average molecular weight is 330 g/mol. The second kappa shape index (κ2) is 6.32. The summed E-state index contributed by atoms with van der Waals surface area (Å²) >= 11 is 0. The van der Waals surface area contributed by atoms with Gasteiger partial charge in [0.1, 0.15) is 5.82 Å². The molecule has 4 heteroatoms. The Morgan fingerprint density at radius 1 is 0.840 bits per heavy atom. The van der Waals surface area contributed by atoms with Crippen LogP contribution in [0.5, 0.6) is 5.88 Å². The quantitative estimate of drug-likeness (QED) is 0.523. The summed E-state index contributed by atoms with van der Waals surface area (Å²) in [5.74, 6) is 0.226. The average Bonchev–Trinajstić information content (AvgIpc) is 2.68. The van der Waals surface area contributed by atoms with Gasteiger partial charge in [0.25, 0.3) is 0 Å². The summed E-state index contributed by atoms with van der Waals surface area (Å²) in [5, 5.41) is 0.842. The molecule has 0 aliphatic carbocycles. The van der Waals surface area contributed by atoms with Gasteiger partial charge in [-0.05, 0) is 42.0 Å². The molecule has 0 radical (unpaired) electrons. The van der Waals surface area contributed by atoms with E-state index in [1.165, 1.54) is 12.1 Å². The highest BCUT2D eigenvalue weighted by atomic mass is 19.1. The lowest BCUT2D eigenvalue weighted by Gasteiger charge is -2.10. The molecule has 4 aromatic rings. The van der Waals surface area contributed by atoms with Crippen LogP contribution >= 0.6 is 0 Å². The van der Waals surface area contributed by atoms with Crippen LogP contribution in [0.25, 0.3) is 33.3 Å². The molecule has 0 atom stereocenters. The van der Waals surface area contributed by atoms with E-state index < -0.39 is 0 Å². The molecule has 0 unspecified atom stereocenters. The first-order valence-corrected chi connectivity index (χ1v) is 7.91. The van der Waals surface area contributed by atoms with Crippen LogP contribution in [0.2, 0.25) is 0 Å². The first kappa shape index (κ1) is 15.3. The van der Waals surface area contributed by atoms with E-state index in [1.807, 2.05) is 48.7 Å². The predicted molar refractivity (Wildman–Crippen MR) is 96.9 cm³/mol. The maximum atomic E-state index is 13.1. The van der Waals surface area contributed by atoms with E-state index in [2.05, 4.69) is 9.97 Å². The highest BCUT2D eigenvalue weighted by Gasteiger charge is 2.11. The van der Waals surface area contributed by atoms with Gasteiger partial charge in [-0.25, -0.2) is 9.37 Å². The number of aromatic nitrogens is 2. The molecule has 0 aliphatic heterocycles. The SMILES string of the molecule is COc1nc(-c2ccc(F)cc2)cc2ncc(-c3ccccc3)cc12. The number of rotatable bonds is 3. The van der Waals surface area contributed by atoms with Crippen LogP contribution in [0.1, 0.15) is 0 Å². The van der Waals surface area contributed by atoms with Crippen molar-refractivity contribution in [3.8, 4) is 28.3 Å². The Hall–Kier alpha value is -3.27. The Morgan fingerprint density at radius 2 is 1.60 bits per heavy atom. The monoisotopic (exact) mass is 330 g/mol. The summed E-state index contributed by atoms with van der Waals surface area (Å²) in [6.45, 7) is 0. The molecule has 0 fully saturated rings. The van der Waals surface area contributed by atoms with E-state index in [0.29, 0.717) is 11.6 Å². The summed E-state index contributed by atoms with van der Waals surface area (Å²) in [5.41, 5.74) is 4.38. The van der Waals surface area contributed by atoms with Crippen molar-refractivity contribution >= 4 is 10.9 Å². The van der Waals surface area contributed by atoms with Gasteiger partial charge in [-0.1, -0.05) is 30.3 Å². The van der Waals surface area contributed by atoms with Gasteiger partial charge in [-0.3, -0.25) is 4.98 Å². The molecule has 0 saturated heterocycles. The lowest BCUT2D eigenvalue weighted by Crippen LogP contribution is -1.94. The molecule has 25 heavy (non-hydrogen) atoms. The van der Waals surface area contributed by atoms with Crippen LogP contribution < -0.4 is 4.74 Å². The standard InChI is InChI=1S/C21H15FN2O/c1-25-21-18-11-16(14-5-3-2-4-6-14)13-23-20(18)12-19(24-21)15-7-9-17(22)10-8-15/h2-13H,1H3. The Kier molecular flexibility index (Phi) is 3.86.